The van der Waals surface area contributed by atoms with Gasteiger partial charge in [-0.05, 0) is 73.5 Å². The summed E-state index contributed by atoms with van der Waals surface area (Å²) in [5.41, 5.74) is 12.5. The van der Waals surface area contributed by atoms with Gasteiger partial charge in [-0.25, -0.2) is 0 Å². The molecule has 0 atom stereocenters. The molecule has 2 N–H and O–H groups in total. The first-order valence-corrected chi connectivity index (χ1v) is 10.8. The van der Waals surface area contributed by atoms with Crippen molar-refractivity contribution in [3.05, 3.63) is 89.0 Å². The van der Waals surface area contributed by atoms with E-state index >= 15 is 0 Å². The standard InChI is InChI=1S/C28H32N2O2/c1-20-16-21(2)18-25(17-20)23-9-13-28(32-15-14-30(3,4)5)24(19-23)8-12-27(31)22-6-10-26(29)11-7-22/h6-13,16-19H,14-15H2,1-5H3,(H-,29,31)/p+1. The Morgan fingerprint density at radius 2 is 1.56 bits per heavy atom. The number of anilines is 1. The van der Waals surface area contributed by atoms with Crippen molar-refractivity contribution < 1.29 is 14.0 Å². The van der Waals surface area contributed by atoms with E-state index < -0.39 is 0 Å². The lowest BCUT2D eigenvalue weighted by molar-refractivity contribution is -0.870. The maximum Gasteiger partial charge on any atom is 0.185 e. The number of nitrogen functional groups attached to an aromatic ring is 1. The van der Waals surface area contributed by atoms with Crippen LogP contribution in [0.15, 0.2) is 66.7 Å². The number of allylic oxidation sites excluding steroid dienone is 1. The molecule has 0 amide bonds. The molecule has 0 saturated carbocycles. The lowest BCUT2D eigenvalue weighted by atomic mass is 9.98. The third-order valence-electron chi connectivity index (χ3n) is 5.19. The first-order valence-electron chi connectivity index (χ1n) is 10.8. The van der Waals surface area contributed by atoms with E-state index in [2.05, 4.69) is 65.3 Å². The van der Waals surface area contributed by atoms with Crippen molar-refractivity contribution in [3.63, 3.8) is 0 Å². The number of nitrogens with two attached hydrogens (primary N) is 1. The third kappa shape index (κ3) is 6.56. The van der Waals surface area contributed by atoms with E-state index in [1.54, 1.807) is 30.3 Å². The topological polar surface area (TPSA) is 52.3 Å². The quantitative estimate of drug-likeness (QED) is 0.222. The predicted molar refractivity (Wildman–Crippen MR) is 134 cm³/mol. The number of hydrogen-bond donors (Lipinski definition) is 1. The molecule has 0 aliphatic rings. The summed E-state index contributed by atoms with van der Waals surface area (Å²) < 4.78 is 6.93. The van der Waals surface area contributed by atoms with Crippen LogP contribution in [0, 0.1) is 13.8 Å². The molecule has 3 aromatic carbocycles. The zero-order chi connectivity index (χ0) is 23.3. The monoisotopic (exact) mass is 429 g/mol. The average molecular weight is 430 g/mol. The van der Waals surface area contributed by atoms with Gasteiger partial charge in [-0.1, -0.05) is 35.4 Å². The number of rotatable bonds is 8. The lowest BCUT2D eigenvalue weighted by Crippen LogP contribution is -2.38. The van der Waals surface area contributed by atoms with Crippen molar-refractivity contribution in [2.24, 2.45) is 0 Å². The third-order valence-corrected chi connectivity index (χ3v) is 5.19. The number of hydrogen-bond acceptors (Lipinski definition) is 3. The molecule has 0 aliphatic carbocycles. The Balaban J connectivity index is 1.92. The number of likely N-dealkylation sites (N-methyl/N-ethyl adjacent to an activating group) is 1. The van der Waals surface area contributed by atoms with Crippen LogP contribution in [0.5, 0.6) is 5.75 Å². The molecular weight excluding hydrogens is 396 g/mol. The van der Waals surface area contributed by atoms with Crippen molar-refractivity contribution in [3.8, 4) is 16.9 Å². The molecule has 0 heterocycles. The van der Waals surface area contributed by atoms with Gasteiger partial charge in [-0.15, -0.1) is 0 Å². The zero-order valence-corrected chi connectivity index (χ0v) is 19.7. The summed E-state index contributed by atoms with van der Waals surface area (Å²) in [6, 6.07) is 19.6. The van der Waals surface area contributed by atoms with E-state index in [0.717, 1.165) is 33.5 Å². The molecule has 0 aromatic heterocycles. The number of quaternary nitrogens is 1. The van der Waals surface area contributed by atoms with Crippen LogP contribution in [-0.4, -0.2) is 44.6 Å². The van der Waals surface area contributed by atoms with E-state index in [1.807, 2.05) is 12.1 Å². The molecule has 0 bridgehead atoms. The van der Waals surface area contributed by atoms with Gasteiger partial charge in [0.1, 0.15) is 18.9 Å². The van der Waals surface area contributed by atoms with Crippen LogP contribution in [0.1, 0.15) is 27.0 Å². The van der Waals surface area contributed by atoms with Gasteiger partial charge in [-0.2, -0.15) is 0 Å². The van der Waals surface area contributed by atoms with Crippen LogP contribution in [0.3, 0.4) is 0 Å². The molecule has 4 heteroatoms. The molecule has 166 valence electrons. The summed E-state index contributed by atoms with van der Waals surface area (Å²) in [6.07, 6.45) is 3.44. The van der Waals surface area contributed by atoms with E-state index in [4.69, 9.17) is 10.5 Å². The molecule has 3 aromatic rings. The number of carbonyl (C=O) groups excluding carboxylic acids is 1. The number of ketones is 1. The predicted octanol–water partition coefficient (Wildman–Crippen LogP) is 5.53. The normalized spacial score (nSPS) is 11.7. The molecule has 0 fully saturated rings. The Kier molecular flexibility index (Phi) is 7.16. The van der Waals surface area contributed by atoms with Gasteiger partial charge >= 0.3 is 0 Å². The fourth-order valence-electron chi connectivity index (χ4n) is 3.47. The average Bonchev–Trinajstić information content (AvgIpc) is 2.71. The number of carbonyl (C=O) groups is 1. The molecular formula is C28H33N2O2+. The van der Waals surface area contributed by atoms with Gasteiger partial charge in [0, 0.05) is 16.8 Å². The highest BCUT2D eigenvalue weighted by molar-refractivity contribution is 6.07. The Bertz CT molecular complexity index is 1100. The van der Waals surface area contributed by atoms with Crippen LogP contribution in [0.4, 0.5) is 5.69 Å². The van der Waals surface area contributed by atoms with Gasteiger partial charge in [0.15, 0.2) is 5.78 Å². The molecule has 0 saturated heterocycles. The highest BCUT2D eigenvalue weighted by Gasteiger charge is 2.10. The Morgan fingerprint density at radius 1 is 0.906 bits per heavy atom. The summed E-state index contributed by atoms with van der Waals surface area (Å²) in [5.74, 6) is 0.701. The maximum absolute atomic E-state index is 12.7. The fourth-order valence-corrected chi connectivity index (χ4v) is 3.47. The highest BCUT2D eigenvalue weighted by Crippen LogP contribution is 2.29. The summed E-state index contributed by atoms with van der Waals surface area (Å²) in [7, 11) is 6.41. The van der Waals surface area contributed by atoms with Crippen molar-refractivity contribution in [2.45, 2.75) is 13.8 Å². The molecule has 0 radical (unpaired) electrons. The molecule has 4 nitrogen and oxygen atoms in total. The number of ether oxygens (including phenoxy) is 1. The number of aryl methyl sites for hydroxylation is 2. The highest BCUT2D eigenvalue weighted by atomic mass is 16.5. The molecule has 3 rings (SSSR count). The van der Waals surface area contributed by atoms with Crippen molar-refractivity contribution in [1.82, 2.24) is 0 Å². The smallest absolute Gasteiger partial charge is 0.185 e. The molecule has 32 heavy (non-hydrogen) atoms. The second-order valence-electron chi connectivity index (χ2n) is 9.31. The Hall–Kier alpha value is -3.37. The van der Waals surface area contributed by atoms with Gasteiger partial charge in [0.25, 0.3) is 0 Å². The summed E-state index contributed by atoms with van der Waals surface area (Å²) in [6.45, 7) is 5.68. The Labute approximate surface area is 191 Å². The minimum atomic E-state index is -0.0703. The Morgan fingerprint density at radius 3 is 2.19 bits per heavy atom. The van der Waals surface area contributed by atoms with E-state index in [1.165, 1.54) is 11.1 Å². The van der Waals surface area contributed by atoms with Crippen LogP contribution < -0.4 is 10.5 Å². The minimum absolute atomic E-state index is 0.0703. The summed E-state index contributed by atoms with van der Waals surface area (Å²) in [5, 5.41) is 0. The van der Waals surface area contributed by atoms with Crippen LogP contribution in [-0.2, 0) is 0 Å². The van der Waals surface area contributed by atoms with Crippen LogP contribution in [0.2, 0.25) is 0 Å². The second kappa shape index (κ2) is 9.84. The number of benzene rings is 3. The lowest BCUT2D eigenvalue weighted by Gasteiger charge is -2.24. The van der Waals surface area contributed by atoms with E-state index in [-0.39, 0.29) is 5.78 Å². The SMILES string of the molecule is Cc1cc(C)cc(-c2ccc(OCC[N+](C)(C)C)c(C=CC(=O)c3ccc(N)cc3)c2)c1. The van der Waals surface area contributed by atoms with Gasteiger partial charge in [-0.3, -0.25) is 4.79 Å². The van der Waals surface area contributed by atoms with Gasteiger partial charge < -0.3 is 15.0 Å². The second-order valence-corrected chi connectivity index (χ2v) is 9.31. The zero-order valence-electron chi connectivity index (χ0n) is 19.7. The summed E-state index contributed by atoms with van der Waals surface area (Å²) in [4.78, 5) is 12.7. The molecule has 0 aliphatic heterocycles. The van der Waals surface area contributed by atoms with Gasteiger partial charge in [0.2, 0.25) is 0 Å². The number of nitrogens with zero attached hydrogens (tertiary/aromatic N) is 1. The first kappa shape index (κ1) is 23.3. The fraction of sp³-hybridized carbons (Fsp3) is 0.250. The molecule has 0 unspecified atom stereocenters. The van der Waals surface area contributed by atoms with E-state index in [0.29, 0.717) is 17.9 Å². The maximum atomic E-state index is 12.7. The van der Waals surface area contributed by atoms with Crippen molar-refractivity contribution in [2.75, 3.05) is 40.0 Å². The van der Waals surface area contributed by atoms with Crippen LogP contribution in [0.25, 0.3) is 17.2 Å². The van der Waals surface area contributed by atoms with Crippen molar-refractivity contribution >= 4 is 17.5 Å². The van der Waals surface area contributed by atoms with Gasteiger partial charge in [0.05, 0.1) is 21.1 Å². The first-order chi connectivity index (χ1) is 15.1. The van der Waals surface area contributed by atoms with E-state index in [9.17, 15) is 4.79 Å². The van der Waals surface area contributed by atoms with Crippen molar-refractivity contribution in [1.29, 1.82) is 0 Å². The van der Waals surface area contributed by atoms with Crippen LogP contribution >= 0.6 is 0 Å². The minimum Gasteiger partial charge on any atom is -0.487 e. The molecule has 0 spiro atoms. The largest absolute Gasteiger partial charge is 0.487 e. The summed E-state index contributed by atoms with van der Waals surface area (Å²) >= 11 is 0.